The maximum absolute atomic E-state index is 12.4. The van der Waals surface area contributed by atoms with Crippen LogP contribution in [-0.2, 0) is 13.6 Å². The Kier molecular flexibility index (Phi) is 5.54. The Labute approximate surface area is 158 Å². The van der Waals surface area contributed by atoms with Crippen molar-refractivity contribution in [1.29, 1.82) is 0 Å². The smallest absolute Gasteiger partial charge is 0.321 e. The number of amides is 2. The van der Waals surface area contributed by atoms with Gasteiger partial charge < -0.3 is 14.8 Å². The number of aryl methyl sites for hydroxylation is 4. The fraction of sp³-hybridized carbons (Fsp3) is 0.368. The van der Waals surface area contributed by atoms with E-state index in [0.717, 1.165) is 41.4 Å². The van der Waals surface area contributed by atoms with E-state index in [-0.39, 0.29) is 6.03 Å². The molecule has 0 saturated heterocycles. The SMILES string of the molecule is Cc1cc(C)n(CCCN(C)C(=O)Nc2ccc(-c3nncn3C)cc2)n1. The average molecular weight is 367 g/mol. The van der Waals surface area contributed by atoms with E-state index < -0.39 is 0 Å². The number of aromatic nitrogens is 5. The van der Waals surface area contributed by atoms with E-state index in [1.807, 2.05) is 54.4 Å². The first-order chi connectivity index (χ1) is 12.9. The van der Waals surface area contributed by atoms with Gasteiger partial charge in [-0.15, -0.1) is 10.2 Å². The average Bonchev–Trinajstić information content (AvgIpc) is 3.20. The number of carbonyl (C=O) groups is 1. The van der Waals surface area contributed by atoms with E-state index in [2.05, 4.69) is 26.7 Å². The molecule has 8 heteroatoms. The standard InChI is InChI=1S/C19H25N7O/c1-14-12-15(2)26(23-14)11-5-10-24(3)19(27)21-17-8-6-16(7-9-17)18-22-20-13-25(18)4/h6-9,12-13H,5,10-11H2,1-4H3,(H,21,27). The zero-order valence-electron chi connectivity index (χ0n) is 16.2. The summed E-state index contributed by atoms with van der Waals surface area (Å²) in [6.45, 7) is 5.48. The summed E-state index contributed by atoms with van der Waals surface area (Å²) in [5.41, 5.74) is 3.86. The third-order valence-electron chi connectivity index (χ3n) is 4.42. The molecule has 3 aromatic rings. The summed E-state index contributed by atoms with van der Waals surface area (Å²) in [5.74, 6) is 0.786. The molecule has 2 aromatic heterocycles. The minimum absolute atomic E-state index is 0.130. The Balaban J connectivity index is 1.50. The summed E-state index contributed by atoms with van der Waals surface area (Å²) >= 11 is 0. The lowest BCUT2D eigenvalue weighted by molar-refractivity contribution is 0.221. The molecular formula is C19H25N7O. The molecule has 0 radical (unpaired) electrons. The number of benzene rings is 1. The lowest BCUT2D eigenvalue weighted by Crippen LogP contribution is -2.32. The van der Waals surface area contributed by atoms with Crippen molar-refractivity contribution in [2.45, 2.75) is 26.8 Å². The van der Waals surface area contributed by atoms with E-state index in [0.29, 0.717) is 6.54 Å². The molecule has 27 heavy (non-hydrogen) atoms. The second kappa shape index (κ2) is 8.03. The molecule has 0 unspecified atom stereocenters. The van der Waals surface area contributed by atoms with Gasteiger partial charge in [-0.25, -0.2) is 4.79 Å². The molecule has 8 nitrogen and oxygen atoms in total. The summed E-state index contributed by atoms with van der Waals surface area (Å²) in [6, 6.07) is 9.50. The van der Waals surface area contributed by atoms with Gasteiger partial charge in [0, 0.05) is 44.1 Å². The zero-order chi connectivity index (χ0) is 19.4. The van der Waals surface area contributed by atoms with E-state index in [4.69, 9.17) is 0 Å². The molecule has 2 amide bonds. The lowest BCUT2D eigenvalue weighted by atomic mass is 10.2. The predicted octanol–water partition coefficient (Wildman–Crippen LogP) is 2.85. The Morgan fingerprint density at radius 1 is 1.22 bits per heavy atom. The number of hydrogen-bond acceptors (Lipinski definition) is 4. The first kappa shape index (κ1) is 18.6. The Morgan fingerprint density at radius 3 is 2.56 bits per heavy atom. The van der Waals surface area contributed by atoms with Crippen LogP contribution in [0.25, 0.3) is 11.4 Å². The van der Waals surface area contributed by atoms with Crippen molar-refractivity contribution in [1.82, 2.24) is 29.4 Å². The highest BCUT2D eigenvalue weighted by molar-refractivity contribution is 5.89. The van der Waals surface area contributed by atoms with Gasteiger partial charge in [0.1, 0.15) is 6.33 Å². The van der Waals surface area contributed by atoms with Crippen molar-refractivity contribution in [2.24, 2.45) is 7.05 Å². The van der Waals surface area contributed by atoms with E-state index in [9.17, 15) is 4.79 Å². The molecule has 3 rings (SSSR count). The molecule has 1 N–H and O–H groups in total. The van der Waals surface area contributed by atoms with Gasteiger partial charge in [0.25, 0.3) is 0 Å². The van der Waals surface area contributed by atoms with Gasteiger partial charge >= 0.3 is 6.03 Å². The molecule has 0 spiro atoms. The topological polar surface area (TPSA) is 80.9 Å². The Bertz CT molecular complexity index is 911. The number of urea groups is 1. The molecule has 0 aliphatic carbocycles. The molecule has 0 fully saturated rings. The molecule has 0 aliphatic rings. The monoisotopic (exact) mass is 367 g/mol. The van der Waals surface area contributed by atoms with Crippen LogP contribution in [0.1, 0.15) is 17.8 Å². The van der Waals surface area contributed by atoms with Crippen LogP contribution < -0.4 is 5.32 Å². The largest absolute Gasteiger partial charge is 0.328 e. The summed E-state index contributed by atoms with van der Waals surface area (Å²) in [6.07, 6.45) is 2.50. The van der Waals surface area contributed by atoms with E-state index in [1.54, 1.807) is 18.3 Å². The van der Waals surface area contributed by atoms with Gasteiger partial charge in [0.15, 0.2) is 5.82 Å². The Hall–Kier alpha value is -3.16. The third-order valence-corrected chi connectivity index (χ3v) is 4.42. The van der Waals surface area contributed by atoms with Crippen molar-refractivity contribution in [3.8, 4) is 11.4 Å². The summed E-state index contributed by atoms with van der Waals surface area (Å²) in [7, 11) is 3.69. The van der Waals surface area contributed by atoms with Crippen LogP contribution >= 0.6 is 0 Å². The number of carbonyl (C=O) groups excluding carboxylic acids is 1. The van der Waals surface area contributed by atoms with Crippen LogP contribution in [0.15, 0.2) is 36.7 Å². The molecular weight excluding hydrogens is 342 g/mol. The van der Waals surface area contributed by atoms with E-state index in [1.165, 1.54) is 0 Å². The van der Waals surface area contributed by atoms with Crippen LogP contribution in [0.5, 0.6) is 0 Å². The van der Waals surface area contributed by atoms with Gasteiger partial charge in [-0.3, -0.25) is 4.68 Å². The normalized spacial score (nSPS) is 10.8. The predicted molar refractivity (Wildman–Crippen MR) is 104 cm³/mol. The molecule has 0 saturated carbocycles. The second-order valence-electron chi connectivity index (χ2n) is 6.70. The van der Waals surface area contributed by atoms with Crippen LogP contribution in [0.4, 0.5) is 10.5 Å². The fourth-order valence-electron chi connectivity index (χ4n) is 2.93. The Morgan fingerprint density at radius 2 is 1.96 bits per heavy atom. The summed E-state index contributed by atoms with van der Waals surface area (Å²) < 4.78 is 3.83. The van der Waals surface area contributed by atoms with Gasteiger partial charge in [0.2, 0.25) is 0 Å². The second-order valence-corrected chi connectivity index (χ2v) is 6.70. The zero-order valence-corrected chi connectivity index (χ0v) is 16.2. The van der Waals surface area contributed by atoms with Crippen molar-refractivity contribution in [2.75, 3.05) is 18.9 Å². The maximum atomic E-state index is 12.4. The van der Waals surface area contributed by atoms with Crippen LogP contribution in [0.3, 0.4) is 0 Å². The van der Waals surface area contributed by atoms with Gasteiger partial charge in [0.05, 0.1) is 5.69 Å². The third kappa shape index (κ3) is 4.52. The van der Waals surface area contributed by atoms with Crippen LogP contribution in [-0.4, -0.2) is 49.1 Å². The molecule has 1 aromatic carbocycles. The van der Waals surface area contributed by atoms with Crippen molar-refractivity contribution in [3.05, 3.63) is 48.0 Å². The summed E-state index contributed by atoms with van der Waals surface area (Å²) in [5, 5.41) is 15.3. The number of nitrogens with one attached hydrogen (secondary N) is 1. The highest BCUT2D eigenvalue weighted by Crippen LogP contribution is 2.18. The molecule has 2 heterocycles. The minimum Gasteiger partial charge on any atom is -0.328 e. The van der Waals surface area contributed by atoms with Crippen LogP contribution in [0.2, 0.25) is 0 Å². The highest BCUT2D eigenvalue weighted by atomic mass is 16.2. The van der Waals surface area contributed by atoms with Crippen LogP contribution in [0, 0.1) is 13.8 Å². The number of anilines is 1. The number of hydrogen-bond donors (Lipinski definition) is 1. The van der Waals surface area contributed by atoms with Gasteiger partial charge in [-0.05, 0) is 50.6 Å². The highest BCUT2D eigenvalue weighted by Gasteiger charge is 2.10. The van der Waals surface area contributed by atoms with Crippen molar-refractivity contribution < 1.29 is 4.79 Å². The molecule has 0 bridgehead atoms. The van der Waals surface area contributed by atoms with Crippen molar-refractivity contribution >= 4 is 11.7 Å². The first-order valence-corrected chi connectivity index (χ1v) is 8.91. The van der Waals surface area contributed by atoms with E-state index >= 15 is 0 Å². The minimum atomic E-state index is -0.130. The van der Waals surface area contributed by atoms with Gasteiger partial charge in [-0.2, -0.15) is 5.10 Å². The van der Waals surface area contributed by atoms with Gasteiger partial charge in [-0.1, -0.05) is 0 Å². The first-order valence-electron chi connectivity index (χ1n) is 8.91. The number of rotatable bonds is 6. The lowest BCUT2D eigenvalue weighted by Gasteiger charge is -2.18. The fourth-order valence-corrected chi connectivity index (χ4v) is 2.93. The van der Waals surface area contributed by atoms with Crippen molar-refractivity contribution in [3.63, 3.8) is 0 Å². The maximum Gasteiger partial charge on any atom is 0.321 e. The molecule has 0 aliphatic heterocycles. The number of nitrogens with zero attached hydrogens (tertiary/aromatic N) is 6. The molecule has 142 valence electrons. The molecule has 0 atom stereocenters. The summed E-state index contributed by atoms with van der Waals surface area (Å²) in [4.78, 5) is 14.0. The quantitative estimate of drug-likeness (QED) is 0.726.